The van der Waals surface area contributed by atoms with Crippen molar-refractivity contribution in [1.29, 1.82) is 0 Å². The molecule has 3 aromatic carbocycles. The quantitative estimate of drug-likeness (QED) is 0.247. The smallest absolute Gasteiger partial charge is 0.343 e. The van der Waals surface area contributed by atoms with E-state index >= 15 is 0 Å². The normalized spacial score (nSPS) is 17.1. The van der Waals surface area contributed by atoms with Crippen molar-refractivity contribution in [3.63, 3.8) is 0 Å². The molecular weight excluding hydrogens is 522 g/mol. The highest BCUT2D eigenvalue weighted by molar-refractivity contribution is 7.92. The molecule has 0 bridgehead atoms. The second-order valence-electron chi connectivity index (χ2n) is 11.1. The van der Waals surface area contributed by atoms with Gasteiger partial charge in [-0.3, -0.25) is 4.72 Å². The first-order valence-electron chi connectivity index (χ1n) is 13.9. The number of nitrogens with one attached hydrogen (secondary N) is 1. The molecule has 6 rings (SSSR count). The van der Waals surface area contributed by atoms with E-state index in [9.17, 15) is 18.3 Å². The van der Waals surface area contributed by atoms with Crippen LogP contribution in [0.1, 0.15) is 67.0 Å². The predicted octanol–water partition coefficient (Wildman–Crippen LogP) is 6.45. The van der Waals surface area contributed by atoms with E-state index in [1.54, 1.807) is 48.5 Å². The zero-order valence-corrected chi connectivity index (χ0v) is 23.3. The average molecular weight is 556 g/mol. The standard InChI is InChI=1S/C33H33NO5S/c1-2-25-26(15-9-16-27(25)34-40(37,38)24-13-7-4-8-14-24)33(19-20-33)30-28(35)21-29(39-31(30)36)32(17-10-18-32)22-23-11-5-3-6-12-23/h3-9,11-16,21,34-35H,2,10,17-20,22H2,1H3. The third-order valence-electron chi connectivity index (χ3n) is 8.72. The summed E-state index contributed by atoms with van der Waals surface area (Å²) in [5, 5.41) is 11.4. The molecule has 0 amide bonds. The van der Waals surface area contributed by atoms with E-state index in [0.717, 1.165) is 36.8 Å². The zero-order valence-electron chi connectivity index (χ0n) is 22.5. The summed E-state index contributed by atoms with van der Waals surface area (Å²) >= 11 is 0. The Morgan fingerprint density at radius 1 is 0.900 bits per heavy atom. The second kappa shape index (κ2) is 9.97. The highest BCUT2D eigenvalue weighted by Crippen LogP contribution is 2.57. The molecule has 0 spiro atoms. The van der Waals surface area contributed by atoms with Crippen molar-refractivity contribution in [3.05, 3.63) is 123 Å². The summed E-state index contributed by atoms with van der Waals surface area (Å²) in [6.45, 7) is 1.96. The molecule has 1 aromatic heterocycles. The molecule has 0 atom stereocenters. The van der Waals surface area contributed by atoms with Gasteiger partial charge in [-0.1, -0.05) is 74.0 Å². The van der Waals surface area contributed by atoms with Gasteiger partial charge in [-0.05, 0) is 73.4 Å². The third kappa shape index (κ3) is 4.52. The molecule has 206 valence electrons. The lowest BCUT2D eigenvalue weighted by Gasteiger charge is -2.41. The topological polar surface area (TPSA) is 96.6 Å². The van der Waals surface area contributed by atoms with E-state index < -0.39 is 21.1 Å². The lowest BCUT2D eigenvalue weighted by molar-refractivity contribution is 0.187. The summed E-state index contributed by atoms with van der Waals surface area (Å²) < 4.78 is 35.0. The molecule has 4 aromatic rings. The summed E-state index contributed by atoms with van der Waals surface area (Å²) in [4.78, 5) is 13.8. The Morgan fingerprint density at radius 2 is 1.57 bits per heavy atom. The number of hydrogen-bond acceptors (Lipinski definition) is 5. The van der Waals surface area contributed by atoms with Crippen molar-refractivity contribution in [1.82, 2.24) is 0 Å². The number of hydrogen-bond donors (Lipinski definition) is 2. The van der Waals surface area contributed by atoms with Crippen LogP contribution in [0, 0.1) is 0 Å². The highest BCUT2D eigenvalue weighted by atomic mass is 32.2. The van der Waals surface area contributed by atoms with Gasteiger partial charge >= 0.3 is 5.63 Å². The van der Waals surface area contributed by atoms with Gasteiger partial charge < -0.3 is 9.52 Å². The molecular formula is C33H33NO5S. The molecule has 0 aliphatic heterocycles. The molecule has 2 fully saturated rings. The molecule has 0 saturated heterocycles. The summed E-state index contributed by atoms with van der Waals surface area (Å²) in [6, 6.07) is 25.5. The summed E-state index contributed by atoms with van der Waals surface area (Å²) in [5.74, 6) is 0.505. The van der Waals surface area contributed by atoms with Crippen LogP contribution in [0.4, 0.5) is 5.69 Å². The SMILES string of the molecule is CCc1c(NS(=O)(=O)c2ccccc2)cccc1C1(c2c(O)cc(C3(Cc4ccccc4)CCC3)oc2=O)CC1. The lowest BCUT2D eigenvalue weighted by atomic mass is 9.63. The maximum absolute atomic E-state index is 13.6. The fourth-order valence-electron chi connectivity index (χ4n) is 6.38. The minimum absolute atomic E-state index is 0.0413. The minimum Gasteiger partial charge on any atom is -0.507 e. The van der Waals surface area contributed by atoms with Crippen molar-refractivity contribution < 1.29 is 17.9 Å². The van der Waals surface area contributed by atoms with E-state index in [4.69, 9.17) is 4.42 Å². The average Bonchev–Trinajstić information content (AvgIpc) is 3.72. The van der Waals surface area contributed by atoms with Crippen molar-refractivity contribution in [2.75, 3.05) is 4.72 Å². The fourth-order valence-corrected chi connectivity index (χ4v) is 7.49. The molecule has 1 heterocycles. The predicted molar refractivity (Wildman–Crippen MR) is 155 cm³/mol. The van der Waals surface area contributed by atoms with Gasteiger partial charge in [0.15, 0.2) is 0 Å². The Balaban J connectivity index is 1.37. The van der Waals surface area contributed by atoms with Crippen LogP contribution < -0.4 is 10.3 Å². The summed E-state index contributed by atoms with van der Waals surface area (Å²) in [7, 11) is -3.79. The van der Waals surface area contributed by atoms with Gasteiger partial charge in [-0.2, -0.15) is 0 Å². The molecule has 2 aliphatic carbocycles. The van der Waals surface area contributed by atoms with Gasteiger partial charge in [-0.25, -0.2) is 13.2 Å². The van der Waals surface area contributed by atoms with Crippen LogP contribution in [0.15, 0.2) is 99.0 Å². The van der Waals surface area contributed by atoms with Gasteiger partial charge in [0, 0.05) is 16.9 Å². The lowest BCUT2D eigenvalue weighted by Crippen LogP contribution is -2.37. The second-order valence-corrected chi connectivity index (χ2v) is 12.8. The van der Waals surface area contributed by atoms with Gasteiger partial charge in [-0.15, -0.1) is 0 Å². The molecule has 40 heavy (non-hydrogen) atoms. The number of aromatic hydroxyl groups is 1. The monoisotopic (exact) mass is 555 g/mol. The van der Waals surface area contributed by atoms with Crippen molar-refractivity contribution >= 4 is 15.7 Å². The molecule has 0 radical (unpaired) electrons. The van der Waals surface area contributed by atoms with Crippen LogP contribution in [0.2, 0.25) is 0 Å². The van der Waals surface area contributed by atoms with Crippen LogP contribution in [0.3, 0.4) is 0 Å². The Hall–Kier alpha value is -3.84. The first-order valence-corrected chi connectivity index (χ1v) is 15.4. The maximum Gasteiger partial charge on any atom is 0.343 e. The maximum atomic E-state index is 13.6. The van der Waals surface area contributed by atoms with E-state index in [-0.39, 0.29) is 21.6 Å². The number of anilines is 1. The van der Waals surface area contributed by atoms with Crippen LogP contribution >= 0.6 is 0 Å². The van der Waals surface area contributed by atoms with Gasteiger partial charge in [0.2, 0.25) is 0 Å². The molecule has 2 aliphatic rings. The van der Waals surface area contributed by atoms with Crippen LogP contribution in [-0.2, 0) is 33.7 Å². The Morgan fingerprint density at radius 3 is 2.15 bits per heavy atom. The van der Waals surface area contributed by atoms with Gasteiger partial charge in [0.25, 0.3) is 10.0 Å². The number of sulfonamides is 1. The summed E-state index contributed by atoms with van der Waals surface area (Å²) in [5.41, 5.74) is 2.06. The number of rotatable bonds is 9. The van der Waals surface area contributed by atoms with E-state index in [1.165, 1.54) is 5.56 Å². The largest absolute Gasteiger partial charge is 0.507 e. The van der Waals surface area contributed by atoms with Gasteiger partial charge in [0.1, 0.15) is 11.5 Å². The van der Waals surface area contributed by atoms with Crippen LogP contribution in [-0.4, -0.2) is 13.5 Å². The van der Waals surface area contributed by atoms with Crippen molar-refractivity contribution in [3.8, 4) is 5.75 Å². The summed E-state index contributed by atoms with van der Waals surface area (Å²) in [6.07, 6.45) is 5.49. The fraction of sp³-hybridized carbons (Fsp3) is 0.303. The Labute approximate surface area is 234 Å². The first kappa shape index (κ1) is 26.4. The van der Waals surface area contributed by atoms with Gasteiger partial charge in [0.05, 0.1) is 16.1 Å². The van der Waals surface area contributed by atoms with Crippen LogP contribution in [0.25, 0.3) is 0 Å². The third-order valence-corrected chi connectivity index (χ3v) is 10.1. The van der Waals surface area contributed by atoms with E-state index in [0.29, 0.717) is 30.7 Å². The molecule has 7 heteroatoms. The zero-order chi connectivity index (χ0) is 28.0. The Bertz CT molecular complexity index is 1700. The number of benzene rings is 3. The van der Waals surface area contributed by atoms with E-state index in [2.05, 4.69) is 16.9 Å². The molecule has 6 nitrogen and oxygen atoms in total. The minimum atomic E-state index is -3.79. The first-order chi connectivity index (χ1) is 19.3. The van der Waals surface area contributed by atoms with Crippen molar-refractivity contribution in [2.24, 2.45) is 0 Å². The van der Waals surface area contributed by atoms with Crippen molar-refractivity contribution in [2.45, 2.75) is 67.6 Å². The van der Waals surface area contributed by atoms with Crippen LogP contribution in [0.5, 0.6) is 5.75 Å². The highest BCUT2D eigenvalue weighted by Gasteiger charge is 2.52. The molecule has 0 unspecified atom stereocenters. The van der Waals surface area contributed by atoms with E-state index in [1.807, 2.05) is 31.2 Å². The molecule has 2 N–H and O–H groups in total. The Kier molecular flexibility index (Phi) is 6.57. The molecule has 2 saturated carbocycles.